The average Bonchev–Trinajstić information content (AvgIpc) is 3.47. The second-order valence-corrected chi connectivity index (χ2v) is 8.20. The number of aromatic nitrogens is 2. The number of aryl methyl sites for hydroxylation is 1. The summed E-state index contributed by atoms with van der Waals surface area (Å²) in [5.41, 5.74) is 3.66. The van der Waals surface area contributed by atoms with E-state index in [2.05, 4.69) is 8.75 Å². The molecule has 9 heteroatoms. The summed E-state index contributed by atoms with van der Waals surface area (Å²) < 4.78 is 19.1. The maximum Gasteiger partial charge on any atom is 1.00 e. The van der Waals surface area contributed by atoms with Crippen LogP contribution in [-0.4, -0.2) is 27.3 Å². The molecule has 1 aliphatic rings. The smallest absolute Gasteiger partial charge is 0.545 e. The molecule has 1 aliphatic heterocycles. The van der Waals surface area contributed by atoms with Crippen molar-refractivity contribution < 1.29 is 53.7 Å². The van der Waals surface area contributed by atoms with Gasteiger partial charge in [0.05, 0.1) is 17.7 Å². The predicted octanol–water partition coefficient (Wildman–Crippen LogP) is 0.362. The number of carbonyl (C=O) groups excluding carboxylic acids is 2. The normalized spacial score (nSPS) is 12.7. The van der Waals surface area contributed by atoms with Gasteiger partial charge in [-0.15, -0.1) is 0 Å². The minimum atomic E-state index is -1.44. The van der Waals surface area contributed by atoms with Crippen LogP contribution >= 0.6 is 11.7 Å². The second kappa shape index (κ2) is 10.1. The Bertz CT molecular complexity index is 1430. The molecule has 0 saturated heterocycles. The molecule has 0 amide bonds. The van der Waals surface area contributed by atoms with Crippen LogP contribution in [0.15, 0.2) is 66.2 Å². The van der Waals surface area contributed by atoms with Crippen molar-refractivity contribution in [1.82, 2.24) is 8.75 Å². The summed E-state index contributed by atoms with van der Waals surface area (Å²) in [4.78, 5) is 26.1. The van der Waals surface area contributed by atoms with E-state index in [1.54, 1.807) is 36.4 Å². The van der Waals surface area contributed by atoms with Crippen LogP contribution in [0, 0.1) is 6.92 Å². The zero-order valence-electron chi connectivity index (χ0n) is 18.5. The van der Waals surface area contributed by atoms with Crippen molar-refractivity contribution in [3.05, 3.63) is 88.5 Å². The Morgan fingerprint density at radius 2 is 1.62 bits per heavy atom. The molecule has 0 aliphatic carbocycles. The molecular formula is C25H17N2NaO5S. The Hall–Kier alpha value is -3.04. The van der Waals surface area contributed by atoms with Crippen LogP contribution < -0.4 is 44.1 Å². The Balaban J connectivity index is 0.00000274. The number of carboxylic acid groups (broad SMARTS) is 1. The number of carboxylic acids is 1. The molecule has 1 aromatic heterocycles. The maximum absolute atomic E-state index is 13.7. The molecule has 0 radical (unpaired) electrons. The van der Waals surface area contributed by atoms with Crippen LogP contribution in [0.4, 0.5) is 0 Å². The van der Waals surface area contributed by atoms with Gasteiger partial charge in [0.15, 0.2) is 17.3 Å². The van der Waals surface area contributed by atoms with E-state index in [0.717, 1.165) is 22.9 Å². The van der Waals surface area contributed by atoms with Crippen molar-refractivity contribution in [3.8, 4) is 11.5 Å². The van der Waals surface area contributed by atoms with E-state index in [4.69, 9.17) is 9.47 Å². The molecule has 4 aromatic rings. The number of hydrogen-bond donors (Lipinski definition) is 0. The number of ether oxygens (including phenoxy) is 2. The molecule has 0 bridgehead atoms. The van der Waals surface area contributed by atoms with Crippen molar-refractivity contribution in [2.45, 2.75) is 13.3 Å². The van der Waals surface area contributed by atoms with E-state index < -0.39 is 11.8 Å². The van der Waals surface area contributed by atoms with Gasteiger partial charge in [-0.05, 0) is 48.4 Å². The van der Waals surface area contributed by atoms with E-state index in [0.29, 0.717) is 33.7 Å². The molecule has 0 unspecified atom stereocenters. The fourth-order valence-electron chi connectivity index (χ4n) is 3.76. The molecule has 0 atom stereocenters. The zero-order valence-corrected chi connectivity index (χ0v) is 21.3. The number of hydrogen-bond acceptors (Lipinski definition) is 8. The minimum Gasteiger partial charge on any atom is -0.545 e. The summed E-state index contributed by atoms with van der Waals surface area (Å²) in [7, 11) is 0. The van der Waals surface area contributed by atoms with Gasteiger partial charge < -0.3 is 19.4 Å². The van der Waals surface area contributed by atoms with Crippen LogP contribution in [-0.2, 0) is 11.2 Å². The van der Waals surface area contributed by atoms with Gasteiger partial charge in [-0.2, -0.15) is 8.75 Å². The van der Waals surface area contributed by atoms with Gasteiger partial charge in [0.25, 0.3) is 0 Å². The largest absolute Gasteiger partial charge is 1.00 e. The summed E-state index contributed by atoms with van der Waals surface area (Å²) in [5.74, 6) is -0.879. The first-order valence-electron chi connectivity index (χ1n) is 10.2. The van der Waals surface area contributed by atoms with E-state index in [9.17, 15) is 14.7 Å². The van der Waals surface area contributed by atoms with Crippen molar-refractivity contribution >= 4 is 40.1 Å². The van der Waals surface area contributed by atoms with Gasteiger partial charge in [-0.1, -0.05) is 35.9 Å². The number of fused-ring (bicyclic) bond motifs is 2. The Morgan fingerprint density at radius 1 is 0.912 bits per heavy atom. The van der Waals surface area contributed by atoms with Crippen LogP contribution in [0.25, 0.3) is 16.6 Å². The van der Waals surface area contributed by atoms with E-state index in [1.807, 2.05) is 31.2 Å². The third kappa shape index (κ3) is 4.76. The topological polar surface area (TPSA) is 101 Å². The zero-order chi connectivity index (χ0) is 22.9. The Labute approximate surface area is 221 Å². The van der Waals surface area contributed by atoms with Gasteiger partial charge in [-0.25, -0.2) is 0 Å². The minimum absolute atomic E-state index is 0. The van der Waals surface area contributed by atoms with Crippen molar-refractivity contribution in [2.75, 3.05) is 6.79 Å². The molecule has 34 heavy (non-hydrogen) atoms. The Kier molecular flexibility index (Phi) is 7.13. The number of carbonyl (C=O) groups is 2. The molecular weight excluding hydrogens is 463 g/mol. The molecule has 3 aromatic carbocycles. The first kappa shape index (κ1) is 24.1. The Morgan fingerprint density at radius 3 is 2.38 bits per heavy atom. The van der Waals surface area contributed by atoms with Crippen LogP contribution in [0.3, 0.4) is 0 Å². The van der Waals surface area contributed by atoms with E-state index >= 15 is 0 Å². The van der Waals surface area contributed by atoms with Gasteiger partial charge in [0, 0.05) is 23.1 Å². The summed E-state index contributed by atoms with van der Waals surface area (Å²) >= 11 is 1.04. The summed E-state index contributed by atoms with van der Waals surface area (Å²) in [6, 6.07) is 17.3. The SMILES string of the molecule is Cc1ccc(C/C(C(=O)c2ccc3c(c2)OCO3)=C(\C(=O)[O-])c2ccc3nsnc3c2)cc1.[Na+]. The molecule has 7 nitrogen and oxygen atoms in total. The first-order chi connectivity index (χ1) is 16.0. The summed E-state index contributed by atoms with van der Waals surface area (Å²) in [5, 5.41) is 12.4. The third-order valence-corrected chi connectivity index (χ3v) is 6.02. The summed E-state index contributed by atoms with van der Waals surface area (Å²) in [6.45, 7) is 2.03. The first-order valence-corrected chi connectivity index (χ1v) is 10.9. The predicted molar refractivity (Wildman–Crippen MR) is 121 cm³/mol. The van der Waals surface area contributed by atoms with Crippen molar-refractivity contribution in [3.63, 3.8) is 0 Å². The van der Waals surface area contributed by atoms with Crippen LogP contribution in [0.2, 0.25) is 0 Å². The number of benzene rings is 3. The molecule has 0 N–H and O–H groups in total. The van der Waals surface area contributed by atoms with Gasteiger partial charge in [0.1, 0.15) is 11.0 Å². The van der Waals surface area contributed by atoms with Crippen molar-refractivity contribution in [2.24, 2.45) is 0 Å². The quantitative estimate of drug-likeness (QED) is 0.223. The average molecular weight is 480 g/mol. The van der Waals surface area contributed by atoms with Gasteiger partial charge in [-0.3, -0.25) is 4.79 Å². The van der Waals surface area contributed by atoms with E-state index in [-0.39, 0.29) is 53.9 Å². The number of allylic oxidation sites excluding steroid dienone is 1. The molecule has 0 fully saturated rings. The van der Waals surface area contributed by atoms with Gasteiger partial charge in [0.2, 0.25) is 6.79 Å². The maximum atomic E-state index is 13.7. The number of rotatable bonds is 6. The molecule has 5 rings (SSSR count). The third-order valence-electron chi connectivity index (χ3n) is 5.46. The van der Waals surface area contributed by atoms with Crippen molar-refractivity contribution in [1.29, 1.82) is 0 Å². The fraction of sp³-hybridized carbons (Fsp3) is 0.120. The van der Waals surface area contributed by atoms with Crippen LogP contribution in [0.5, 0.6) is 11.5 Å². The summed E-state index contributed by atoms with van der Waals surface area (Å²) in [6.07, 6.45) is 0.115. The number of Topliss-reactive ketones (excluding diaryl/α,β-unsaturated/α-hetero) is 1. The molecule has 0 spiro atoms. The monoisotopic (exact) mass is 480 g/mol. The number of ketones is 1. The molecule has 164 valence electrons. The fourth-order valence-corrected chi connectivity index (χ4v) is 4.27. The van der Waals surface area contributed by atoms with Gasteiger partial charge >= 0.3 is 29.6 Å². The standard InChI is InChI=1S/C25H18N2O5S.Na/c1-14-2-4-15(5-3-14)10-18(24(28)17-7-9-21-22(12-17)32-13-31-21)23(25(29)30)16-6-8-19-20(11-16)27-33-26-19;/h2-9,11-12H,10,13H2,1H3,(H,29,30);/q;+1/p-1/b23-18+;. The number of nitrogens with zero attached hydrogens (tertiary/aromatic N) is 2. The van der Waals surface area contributed by atoms with Crippen LogP contribution in [0.1, 0.15) is 27.0 Å². The second-order valence-electron chi connectivity index (χ2n) is 7.67. The molecule has 2 heterocycles. The number of aliphatic carboxylic acids is 1. The molecule has 0 saturated carbocycles. The van der Waals surface area contributed by atoms with E-state index in [1.165, 1.54) is 0 Å².